The van der Waals surface area contributed by atoms with Crippen LogP contribution in [0.3, 0.4) is 0 Å². The number of likely N-dealkylation sites (N-methyl/N-ethyl adjacent to an activating group) is 1. The normalized spacial score (nSPS) is 9.96. The molecule has 0 atom stereocenters. The number of nitrogens with zero attached hydrogens (tertiary/aromatic N) is 2. The highest BCUT2D eigenvalue weighted by Crippen LogP contribution is 2.11. The van der Waals surface area contributed by atoms with Gasteiger partial charge in [0.05, 0.1) is 11.6 Å². The molecule has 6 nitrogen and oxygen atoms in total. The van der Waals surface area contributed by atoms with Gasteiger partial charge in [-0.05, 0) is 48.9 Å². The Balaban J connectivity index is 1.78. The molecule has 27 heavy (non-hydrogen) atoms. The van der Waals surface area contributed by atoms with Crippen LogP contribution in [-0.2, 0) is 20.9 Å². The van der Waals surface area contributed by atoms with Gasteiger partial charge in [0.2, 0.25) is 0 Å². The minimum atomic E-state index is -0.686. The number of rotatable bonds is 8. The fourth-order valence-electron chi connectivity index (χ4n) is 2.28. The fourth-order valence-corrected chi connectivity index (χ4v) is 2.28. The maximum Gasteiger partial charge on any atom is 0.344 e. The standard InChI is InChI=1S/C20H19FN2O4/c1-2-23(12-16-4-3-5-17(21)10-16)19(24)13-27-20(25)14-26-18-8-6-15(11-22)7-9-18/h3-10H,2,12-14H2,1H3. The Labute approximate surface area is 156 Å². The molecule has 0 aliphatic rings. The summed E-state index contributed by atoms with van der Waals surface area (Å²) in [5.41, 5.74) is 1.13. The fraction of sp³-hybridized carbons (Fsp3) is 0.250. The van der Waals surface area contributed by atoms with Gasteiger partial charge in [0.25, 0.3) is 5.91 Å². The van der Waals surface area contributed by atoms with E-state index in [9.17, 15) is 14.0 Å². The van der Waals surface area contributed by atoms with Crippen LogP contribution in [0.4, 0.5) is 4.39 Å². The van der Waals surface area contributed by atoms with E-state index in [1.165, 1.54) is 17.0 Å². The van der Waals surface area contributed by atoms with Gasteiger partial charge in [-0.1, -0.05) is 12.1 Å². The number of halogens is 1. The minimum Gasteiger partial charge on any atom is -0.482 e. The number of carbonyl (C=O) groups excluding carboxylic acids is 2. The van der Waals surface area contributed by atoms with Gasteiger partial charge >= 0.3 is 5.97 Å². The Morgan fingerprint density at radius 2 is 1.89 bits per heavy atom. The van der Waals surface area contributed by atoms with Crippen molar-refractivity contribution in [1.29, 1.82) is 5.26 Å². The summed E-state index contributed by atoms with van der Waals surface area (Å²) >= 11 is 0. The van der Waals surface area contributed by atoms with Gasteiger partial charge in [-0.2, -0.15) is 5.26 Å². The van der Waals surface area contributed by atoms with Gasteiger partial charge in [-0.3, -0.25) is 4.79 Å². The summed E-state index contributed by atoms with van der Waals surface area (Å²) in [5, 5.41) is 8.72. The van der Waals surface area contributed by atoms with E-state index in [0.29, 0.717) is 23.4 Å². The molecule has 7 heteroatoms. The number of amides is 1. The average molecular weight is 370 g/mol. The van der Waals surface area contributed by atoms with E-state index >= 15 is 0 Å². The molecule has 0 aromatic heterocycles. The molecule has 0 radical (unpaired) electrons. The van der Waals surface area contributed by atoms with Gasteiger partial charge in [-0.25, -0.2) is 9.18 Å². The van der Waals surface area contributed by atoms with Crippen LogP contribution in [0, 0.1) is 17.1 Å². The molecule has 2 aromatic carbocycles. The SMILES string of the molecule is CCN(Cc1cccc(F)c1)C(=O)COC(=O)COc1ccc(C#N)cc1. The van der Waals surface area contributed by atoms with Crippen molar-refractivity contribution in [2.45, 2.75) is 13.5 Å². The first kappa shape index (κ1) is 19.9. The van der Waals surface area contributed by atoms with E-state index in [0.717, 1.165) is 0 Å². The van der Waals surface area contributed by atoms with E-state index in [2.05, 4.69) is 0 Å². The third-order valence-electron chi connectivity index (χ3n) is 3.69. The molecule has 2 aromatic rings. The van der Waals surface area contributed by atoms with E-state index < -0.39 is 12.6 Å². The molecule has 140 valence electrons. The summed E-state index contributed by atoms with van der Waals surface area (Å²) < 4.78 is 23.4. The lowest BCUT2D eigenvalue weighted by Crippen LogP contribution is -2.34. The van der Waals surface area contributed by atoms with Gasteiger partial charge in [0.15, 0.2) is 13.2 Å². The van der Waals surface area contributed by atoms with E-state index in [-0.39, 0.29) is 24.9 Å². The maximum absolute atomic E-state index is 13.2. The minimum absolute atomic E-state index is 0.229. The van der Waals surface area contributed by atoms with Crippen molar-refractivity contribution in [3.63, 3.8) is 0 Å². The summed E-state index contributed by atoms with van der Waals surface area (Å²) in [6.07, 6.45) is 0. The molecule has 0 aliphatic carbocycles. The van der Waals surface area contributed by atoms with Crippen LogP contribution in [0.15, 0.2) is 48.5 Å². The molecule has 0 saturated carbocycles. The van der Waals surface area contributed by atoms with Gasteiger partial charge < -0.3 is 14.4 Å². The molecule has 0 unspecified atom stereocenters. The number of ether oxygens (including phenoxy) is 2. The van der Waals surface area contributed by atoms with Crippen molar-refractivity contribution in [2.75, 3.05) is 19.8 Å². The number of hydrogen-bond acceptors (Lipinski definition) is 5. The van der Waals surface area contributed by atoms with Crippen molar-refractivity contribution in [3.05, 3.63) is 65.5 Å². The van der Waals surface area contributed by atoms with Crippen molar-refractivity contribution >= 4 is 11.9 Å². The summed E-state index contributed by atoms with van der Waals surface area (Å²) in [5.74, 6) is -1.02. The summed E-state index contributed by atoms with van der Waals surface area (Å²) in [7, 11) is 0. The van der Waals surface area contributed by atoms with Gasteiger partial charge in [-0.15, -0.1) is 0 Å². The summed E-state index contributed by atoms with van der Waals surface area (Å²) in [4.78, 5) is 25.4. The average Bonchev–Trinajstić information content (AvgIpc) is 2.69. The van der Waals surface area contributed by atoms with Crippen molar-refractivity contribution < 1.29 is 23.5 Å². The Morgan fingerprint density at radius 3 is 2.52 bits per heavy atom. The molecule has 2 rings (SSSR count). The van der Waals surface area contributed by atoms with Crippen LogP contribution in [0.5, 0.6) is 5.75 Å². The van der Waals surface area contributed by atoms with Gasteiger partial charge in [0.1, 0.15) is 11.6 Å². The van der Waals surface area contributed by atoms with Crippen LogP contribution in [0.1, 0.15) is 18.1 Å². The predicted octanol–water partition coefficient (Wildman–Crippen LogP) is 2.67. The summed E-state index contributed by atoms with van der Waals surface area (Å²) in [6.45, 7) is 1.64. The first-order valence-electron chi connectivity index (χ1n) is 8.32. The Bertz CT molecular complexity index is 831. The topological polar surface area (TPSA) is 79.6 Å². The van der Waals surface area contributed by atoms with E-state index in [1.807, 2.05) is 6.07 Å². The van der Waals surface area contributed by atoms with Crippen LogP contribution in [0.25, 0.3) is 0 Å². The Hall–Kier alpha value is -3.40. The number of carbonyl (C=O) groups is 2. The zero-order valence-corrected chi connectivity index (χ0v) is 14.9. The molecule has 0 spiro atoms. The lowest BCUT2D eigenvalue weighted by atomic mass is 10.2. The zero-order valence-electron chi connectivity index (χ0n) is 14.9. The Kier molecular flexibility index (Phi) is 7.32. The second kappa shape index (κ2) is 9.92. The molecular formula is C20H19FN2O4. The number of hydrogen-bond donors (Lipinski definition) is 0. The van der Waals surface area contributed by atoms with Crippen molar-refractivity contribution in [3.8, 4) is 11.8 Å². The quantitative estimate of drug-likeness (QED) is 0.668. The Morgan fingerprint density at radius 1 is 1.15 bits per heavy atom. The van der Waals surface area contributed by atoms with Crippen molar-refractivity contribution in [2.24, 2.45) is 0 Å². The highest BCUT2D eigenvalue weighted by atomic mass is 19.1. The van der Waals surface area contributed by atoms with Crippen LogP contribution < -0.4 is 4.74 Å². The van der Waals surface area contributed by atoms with Crippen LogP contribution >= 0.6 is 0 Å². The predicted molar refractivity (Wildman–Crippen MR) is 95.1 cm³/mol. The molecule has 1 amide bonds. The number of nitriles is 1. The third kappa shape index (κ3) is 6.44. The summed E-state index contributed by atoms with van der Waals surface area (Å²) in [6, 6.07) is 14.2. The van der Waals surface area contributed by atoms with E-state index in [4.69, 9.17) is 14.7 Å². The molecule has 0 heterocycles. The lowest BCUT2D eigenvalue weighted by Gasteiger charge is -2.21. The largest absolute Gasteiger partial charge is 0.482 e. The van der Waals surface area contributed by atoms with E-state index in [1.54, 1.807) is 43.3 Å². The lowest BCUT2D eigenvalue weighted by molar-refractivity contribution is -0.153. The first-order chi connectivity index (χ1) is 13.0. The third-order valence-corrected chi connectivity index (χ3v) is 3.69. The maximum atomic E-state index is 13.2. The molecule has 0 N–H and O–H groups in total. The van der Waals surface area contributed by atoms with Gasteiger partial charge in [0, 0.05) is 13.1 Å². The number of esters is 1. The first-order valence-corrected chi connectivity index (χ1v) is 8.32. The molecule has 0 aliphatic heterocycles. The monoisotopic (exact) mass is 370 g/mol. The van der Waals surface area contributed by atoms with Crippen molar-refractivity contribution in [1.82, 2.24) is 4.90 Å². The molecule has 0 saturated heterocycles. The second-order valence-electron chi connectivity index (χ2n) is 5.62. The molecule has 0 fully saturated rings. The second-order valence-corrected chi connectivity index (χ2v) is 5.62. The van der Waals surface area contributed by atoms with Crippen LogP contribution in [-0.4, -0.2) is 36.5 Å². The zero-order chi connectivity index (χ0) is 19.6. The smallest absolute Gasteiger partial charge is 0.344 e. The highest BCUT2D eigenvalue weighted by molar-refractivity contribution is 5.81. The number of benzene rings is 2. The highest BCUT2D eigenvalue weighted by Gasteiger charge is 2.15. The molecular weight excluding hydrogens is 351 g/mol. The van der Waals surface area contributed by atoms with Crippen LogP contribution in [0.2, 0.25) is 0 Å². The molecule has 0 bridgehead atoms.